The molecule has 7 heteroatoms. The molecule has 114 valence electrons. The average molecular weight is 300 g/mol. The SMILES string of the molecule is CCc1nc2n(n1)CC(NS(=O)(=O)CC(C)(C)C)CC2. The molecule has 2 heterocycles. The number of hydrogen-bond donors (Lipinski definition) is 1. The molecule has 20 heavy (non-hydrogen) atoms. The standard InChI is InChI=1S/C13H24N4O2S/c1-5-11-14-12-7-6-10(8-17(12)15-11)16-20(18,19)9-13(2,3)4/h10,16H,5-9H2,1-4H3. The third-order valence-corrected chi connectivity index (χ3v) is 5.13. The summed E-state index contributed by atoms with van der Waals surface area (Å²) in [7, 11) is -3.25. The Labute approximate surface area is 121 Å². The highest BCUT2D eigenvalue weighted by atomic mass is 32.2. The van der Waals surface area contributed by atoms with Crippen molar-refractivity contribution in [1.82, 2.24) is 19.5 Å². The zero-order valence-electron chi connectivity index (χ0n) is 12.7. The predicted molar refractivity (Wildman–Crippen MR) is 77.9 cm³/mol. The van der Waals surface area contributed by atoms with Crippen LogP contribution >= 0.6 is 0 Å². The van der Waals surface area contributed by atoms with Gasteiger partial charge in [0, 0.05) is 18.9 Å². The van der Waals surface area contributed by atoms with Gasteiger partial charge in [-0.1, -0.05) is 27.7 Å². The Kier molecular flexibility index (Phi) is 4.20. The van der Waals surface area contributed by atoms with E-state index in [0.717, 1.165) is 30.9 Å². The lowest BCUT2D eigenvalue weighted by Gasteiger charge is -2.25. The normalized spacial score (nSPS) is 19.9. The molecule has 0 saturated heterocycles. The lowest BCUT2D eigenvalue weighted by Crippen LogP contribution is -2.43. The van der Waals surface area contributed by atoms with Crippen molar-refractivity contribution in [2.24, 2.45) is 5.41 Å². The van der Waals surface area contributed by atoms with Gasteiger partial charge in [0.1, 0.15) is 5.82 Å². The maximum Gasteiger partial charge on any atom is 0.212 e. The molecule has 0 aromatic carbocycles. The van der Waals surface area contributed by atoms with E-state index in [9.17, 15) is 8.42 Å². The van der Waals surface area contributed by atoms with Gasteiger partial charge >= 0.3 is 0 Å². The van der Waals surface area contributed by atoms with Crippen LogP contribution in [-0.2, 0) is 29.4 Å². The first-order valence-corrected chi connectivity index (χ1v) is 8.76. The van der Waals surface area contributed by atoms with E-state index >= 15 is 0 Å². The third-order valence-electron chi connectivity index (χ3n) is 3.19. The van der Waals surface area contributed by atoms with Gasteiger partial charge in [0.25, 0.3) is 0 Å². The molecule has 1 aromatic heterocycles. The number of aromatic nitrogens is 3. The van der Waals surface area contributed by atoms with Crippen molar-refractivity contribution in [1.29, 1.82) is 0 Å². The second kappa shape index (κ2) is 5.44. The van der Waals surface area contributed by atoms with E-state index in [1.54, 1.807) is 0 Å². The second-order valence-corrected chi connectivity index (χ2v) is 8.41. The Morgan fingerprint density at radius 2 is 2.10 bits per heavy atom. The smallest absolute Gasteiger partial charge is 0.212 e. The van der Waals surface area contributed by atoms with E-state index in [4.69, 9.17) is 0 Å². The van der Waals surface area contributed by atoms with Crippen LogP contribution in [-0.4, -0.2) is 35.0 Å². The van der Waals surface area contributed by atoms with Gasteiger partial charge in [-0.25, -0.2) is 22.8 Å². The largest absolute Gasteiger partial charge is 0.248 e. The van der Waals surface area contributed by atoms with E-state index in [-0.39, 0.29) is 17.2 Å². The molecule has 0 amide bonds. The summed E-state index contributed by atoms with van der Waals surface area (Å²) in [6, 6.07) is -0.0822. The van der Waals surface area contributed by atoms with Crippen LogP contribution in [0.2, 0.25) is 0 Å². The van der Waals surface area contributed by atoms with Crippen molar-refractivity contribution < 1.29 is 8.42 Å². The average Bonchev–Trinajstić information content (AvgIpc) is 2.66. The van der Waals surface area contributed by atoms with Crippen molar-refractivity contribution in [3.63, 3.8) is 0 Å². The molecule has 1 N–H and O–H groups in total. The van der Waals surface area contributed by atoms with Gasteiger partial charge in [-0.15, -0.1) is 0 Å². The van der Waals surface area contributed by atoms with E-state index in [1.807, 2.05) is 32.4 Å². The number of hydrogen-bond acceptors (Lipinski definition) is 4. The molecule has 0 bridgehead atoms. The van der Waals surface area contributed by atoms with E-state index < -0.39 is 10.0 Å². The van der Waals surface area contributed by atoms with Crippen LogP contribution in [0, 0.1) is 5.41 Å². The van der Waals surface area contributed by atoms with Crippen LogP contribution in [0.25, 0.3) is 0 Å². The van der Waals surface area contributed by atoms with Crippen LogP contribution in [0.1, 0.15) is 45.8 Å². The Morgan fingerprint density at radius 1 is 1.40 bits per heavy atom. The highest BCUT2D eigenvalue weighted by molar-refractivity contribution is 7.89. The van der Waals surface area contributed by atoms with Crippen molar-refractivity contribution in [3.05, 3.63) is 11.6 Å². The van der Waals surface area contributed by atoms with Crippen LogP contribution in [0.5, 0.6) is 0 Å². The zero-order chi connectivity index (χ0) is 15.0. The third kappa shape index (κ3) is 4.02. The van der Waals surface area contributed by atoms with E-state index in [0.29, 0.717) is 6.54 Å². The summed E-state index contributed by atoms with van der Waals surface area (Å²) < 4.78 is 28.9. The highest BCUT2D eigenvalue weighted by Crippen LogP contribution is 2.18. The monoisotopic (exact) mass is 300 g/mol. The Hall–Kier alpha value is -0.950. The summed E-state index contributed by atoms with van der Waals surface area (Å²) in [6.45, 7) is 8.37. The fraction of sp³-hybridized carbons (Fsp3) is 0.846. The van der Waals surface area contributed by atoms with Gasteiger partial charge in [-0.05, 0) is 11.8 Å². The van der Waals surface area contributed by atoms with Crippen LogP contribution < -0.4 is 4.72 Å². The summed E-state index contributed by atoms with van der Waals surface area (Å²) in [4.78, 5) is 4.43. The van der Waals surface area contributed by atoms with E-state index in [1.165, 1.54) is 0 Å². The van der Waals surface area contributed by atoms with Gasteiger partial charge in [-0.3, -0.25) is 0 Å². The Balaban J connectivity index is 2.03. The number of nitrogens with zero attached hydrogens (tertiary/aromatic N) is 3. The van der Waals surface area contributed by atoms with E-state index in [2.05, 4.69) is 14.8 Å². The maximum absolute atomic E-state index is 12.1. The lowest BCUT2D eigenvalue weighted by atomic mass is 10.0. The molecular weight excluding hydrogens is 276 g/mol. The predicted octanol–water partition coefficient (Wildman–Crippen LogP) is 1.12. The first kappa shape index (κ1) is 15.4. The topological polar surface area (TPSA) is 76.9 Å². The summed E-state index contributed by atoms with van der Waals surface area (Å²) in [5.74, 6) is 1.94. The Bertz CT molecular complexity index is 572. The minimum absolute atomic E-state index is 0.0822. The number of fused-ring (bicyclic) bond motifs is 1. The minimum atomic E-state index is -3.25. The van der Waals surface area contributed by atoms with Crippen molar-refractivity contribution >= 4 is 10.0 Å². The molecule has 0 aliphatic carbocycles. The van der Waals surface area contributed by atoms with Gasteiger partial charge in [-0.2, -0.15) is 5.10 Å². The first-order valence-electron chi connectivity index (χ1n) is 7.11. The van der Waals surface area contributed by atoms with Crippen LogP contribution in [0.15, 0.2) is 0 Å². The van der Waals surface area contributed by atoms with Crippen molar-refractivity contribution in [3.8, 4) is 0 Å². The van der Waals surface area contributed by atoms with Crippen molar-refractivity contribution in [2.75, 3.05) is 5.75 Å². The second-order valence-electron chi connectivity index (χ2n) is 6.65. The summed E-state index contributed by atoms with van der Waals surface area (Å²) >= 11 is 0. The molecule has 1 unspecified atom stereocenters. The molecule has 1 aromatic rings. The number of sulfonamides is 1. The molecule has 1 aliphatic heterocycles. The fourth-order valence-corrected chi connectivity index (χ4v) is 4.40. The summed E-state index contributed by atoms with van der Waals surface area (Å²) in [5.41, 5.74) is -0.242. The van der Waals surface area contributed by atoms with Gasteiger partial charge < -0.3 is 0 Å². The molecule has 2 rings (SSSR count). The molecule has 0 radical (unpaired) electrons. The quantitative estimate of drug-likeness (QED) is 0.904. The highest BCUT2D eigenvalue weighted by Gasteiger charge is 2.28. The van der Waals surface area contributed by atoms with Gasteiger partial charge in [0.15, 0.2) is 5.82 Å². The lowest BCUT2D eigenvalue weighted by molar-refractivity contribution is 0.389. The fourth-order valence-electron chi connectivity index (χ4n) is 2.47. The molecule has 0 saturated carbocycles. The maximum atomic E-state index is 12.1. The number of aryl methyl sites for hydroxylation is 2. The molecular formula is C13H24N4O2S. The summed E-state index contributed by atoms with van der Waals surface area (Å²) in [5, 5.41) is 4.39. The summed E-state index contributed by atoms with van der Waals surface area (Å²) in [6.07, 6.45) is 2.36. The molecule has 6 nitrogen and oxygen atoms in total. The molecule has 1 atom stereocenters. The Morgan fingerprint density at radius 3 is 2.70 bits per heavy atom. The van der Waals surface area contributed by atoms with Crippen LogP contribution in [0.4, 0.5) is 0 Å². The molecule has 1 aliphatic rings. The molecule has 0 spiro atoms. The van der Waals surface area contributed by atoms with Crippen LogP contribution in [0.3, 0.4) is 0 Å². The number of nitrogens with one attached hydrogen (secondary N) is 1. The minimum Gasteiger partial charge on any atom is -0.248 e. The number of rotatable bonds is 4. The first-order chi connectivity index (χ1) is 9.18. The zero-order valence-corrected chi connectivity index (χ0v) is 13.5. The molecule has 0 fully saturated rings. The van der Waals surface area contributed by atoms with Gasteiger partial charge in [0.05, 0.1) is 12.3 Å². The van der Waals surface area contributed by atoms with Crippen molar-refractivity contribution in [2.45, 2.75) is 59.5 Å². The van der Waals surface area contributed by atoms with Gasteiger partial charge in [0.2, 0.25) is 10.0 Å².